The maximum atomic E-state index is 12.5. The Bertz CT molecular complexity index is 676. The van der Waals surface area contributed by atoms with Gasteiger partial charge in [-0.1, -0.05) is 44.2 Å². The van der Waals surface area contributed by atoms with Gasteiger partial charge in [-0.25, -0.2) is 4.79 Å². The number of hydrogen-bond donors (Lipinski definition) is 5. The molecule has 0 aliphatic heterocycles. The highest BCUT2D eigenvalue weighted by atomic mass is 16.5. The monoisotopic (exact) mass is 392 g/mol. The number of amides is 3. The molecule has 0 aliphatic carbocycles. The minimum Gasteiger partial charge on any atom is -0.445 e. The molecule has 154 valence electrons. The molecule has 9 nitrogen and oxygen atoms in total. The first-order valence-electron chi connectivity index (χ1n) is 8.95. The molecule has 0 aromatic heterocycles. The quantitative estimate of drug-likeness (QED) is 0.272. The molecule has 0 saturated carbocycles. The molecule has 0 unspecified atom stereocenters. The van der Waals surface area contributed by atoms with Crippen molar-refractivity contribution in [3.8, 4) is 0 Å². The molecule has 28 heavy (non-hydrogen) atoms. The molecule has 0 fully saturated rings. The third-order valence-electron chi connectivity index (χ3n) is 3.55. The predicted octanol–water partition coefficient (Wildman–Crippen LogP) is 0.352. The van der Waals surface area contributed by atoms with Crippen LogP contribution in [-0.2, 0) is 20.9 Å². The number of benzene rings is 1. The number of carbonyl (C=O) groups is 3. The Kier molecular flexibility index (Phi) is 10.1. The van der Waals surface area contributed by atoms with E-state index in [2.05, 4.69) is 16.0 Å². The zero-order valence-corrected chi connectivity index (χ0v) is 16.1. The summed E-state index contributed by atoms with van der Waals surface area (Å²) in [7, 11) is 0. The number of hydrogen-bond acceptors (Lipinski definition) is 6. The highest BCUT2D eigenvalue weighted by Gasteiger charge is 2.24. The number of ether oxygens (including phenoxy) is 1. The lowest BCUT2D eigenvalue weighted by Crippen LogP contribution is -2.48. The summed E-state index contributed by atoms with van der Waals surface area (Å²) >= 11 is 0. The number of aliphatic hydroxyl groups is 1. The van der Waals surface area contributed by atoms with Crippen molar-refractivity contribution < 1.29 is 24.2 Å². The first-order valence-corrected chi connectivity index (χ1v) is 8.95. The van der Waals surface area contributed by atoms with Crippen LogP contribution in [0.1, 0.15) is 25.8 Å². The fourth-order valence-corrected chi connectivity index (χ4v) is 2.24. The second-order valence-electron chi connectivity index (χ2n) is 6.48. The van der Waals surface area contributed by atoms with E-state index in [-0.39, 0.29) is 31.4 Å². The van der Waals surface area contributed by atoms with Gasteiger partial charge in [0.25, 0.3) is 5.91 Å². The van der Waals surface area contributed by atoms with Gasteiger partial charge in [0, 0.05) is 12.7 Å². The van der Waals surface area contributed by atoms with Gasteiger partial charge in [0.05, 0.1) is 6.61 Å². The topological polar surface area (TPSA) is 143 Å². The van der Waals surface area contributed by atoms with Crippen LogP contribution in [0, 0.1) is 5.92 Å². The minimum atomic E-state index is -0.913. The Morgan fingerprint density at radius 1 is 1.21 bits per heavy atom. The Balaban J connectivity index is 2.71. The van der Waals surface area contributed by atoms with E-state index in [0.29, 0.717) is 6.42 Å². The number of alkyl carbamates (subject to hydrolysis) is 1. The number of aliphatic hydroxyl groups excluding tert-OH is 1. The lowest BCUT2D eigenvalue weighted by Gasteiger charge is -2.20. The molecule has 1 atom stereocenters. The van der Waals surface area contributed by atoms with Crippen LogP contribution in [0.15, 0.2) is 42.2 Å². The Labute approximate surface area is 164 Å². The van der Waals surface area contributed by atoms with Crippen LogP contribution in [-0.4, -0.2) is 42.2 Å². The molecule has 0 bridgehead atoms. The summed E-state index contributed by atoms with van der Waals surface area (Å²) < 4.78 is 5.15. The summed E-state index contributed by atoms with van der Waals surface area (Å²) in [6.07, 6.45) is 0.798. The molecule has 6 N–H and O–H groups in total. The van der Waals surface area contributed by atoms with Crippen LogP contribution >= 0.6 is 0 Å². The second kappa shape index (κ2) is 12.3. The summed E-state index contributed by atoms with van der Waals surface area (Å²) in [6, 6.07) is 8.22. The smallest absolute Gasteiger partial charge is 0.408 e. The van der Waals surface area contributed by atoms with Crippen LogP contribution in [0.25, 0.3) is 0 Å². The zero-order chi connectivity index (χ0) is 20.9. The van der Waals surface area contributed by atoms with E-state index in [0.717, 1.165) is 5.56 Å². The second-order valence-corrected chi connectivity index (χ2v) is 6.48. The molecule has 0 aliphatic rings. The molecule has 3 amide bonds. The zero-order valence-electron chi connectivity index (χ0n) is 16.1. The van der Waals surface area contributed by atoms with Gasteiger partial charge in [-0.15, -0.1) is 0 Å². The van der Waals surface area contributed by atoms with E-state index in [9.17, 15) is 14.4 Å². The standard InChI is InChI=1S/C19H28N4O5/c1-13(2)10-15(18(26)22-16(17(20)25)11-21-8-9-24)23-19(27)28-12-14-6-4-3-5-7-14/h3-7,11,13,15,21,24H,8-10,12H2,1-2H3,(H2,20,25)(H,22,26)(H,23,27)/t15-/m0/s1. The molecule has 0 radical (unpaired) electrons. The average molecular weight is 392 g/mol. The van der Waals surface area contributed by atoms with E-state index in [1.54, 1.807) is 0 Å². The minimum absolute atomic E-state index is 0.0697. The van der Waals surface area contributed by atoms with E-state index < -0.39 is 23.9 Å². The summed E-state index contributed by atoms with van der Waals surface area (Å²) in [4.78, 5) is 36.1. The van der Waals surface area contributed by atoms with Gasteiger partial charge in [-0.2, -0.15) is 0 Å². The highest BCUT2D eigenvalue weighted by Crippen LogP contribution is 2.07. The Morgan fingerprint density at radius 2 is 1.89 bits per heavy atom. The molecule has 1 aromatic carbocycles. The van der Waals surface area contributed by atoms with Crippen molar-refractivity contribution in [2.75, 3.05) is 13.2 Å². The number of rotatable bonds is 11. The van der Waals surface area contributed by atoms with E-state index in [1.807, 2.05) is 44.2 Å². The Hall–Kier alpha value is -3.07. The molecular weight excluding hydrogens is 364 g/mol. The third-order valence-corrected chi connectivity index (χ3v) is 3.55. The maximum absolute atomic E-state index is 12.5. The lowest BCUT2D eigenvalue weighted by molar-refractivity contribution is -0.124. The van der Waals surface area contributed by atoms with E-state index in [4.69, 9.17) is 15.6 Å². The first-order chi connectivity index (χ1) is 13.3. The van der Waals surface area contributed by atoms with Crippen LogP contribution < -0.4 is 21.7 Å². The summed E-state index contributed by atoms with van der Waals surface area (Å²) in [5, 5.41) is 16.3. The maximum Gasteiger partial charge on any atom is 0.408 e. The third kappa shape index (κ3) is 9.04. The van der Waals surface area contributed by atoms with Crippen molar-refractivity contribution in [3.05, 3.63) is 47.8 Å². The largest absolute Gasteiger partial charge is 0.445 e. The van der Waals surface area contributed by atoms with Gasteiger partial charge in [0.1, 0.15) is 18.3 Å². The van der Waals surface area contributed by atoms with Gasteiger partial charge >= 0.3 is 6.09 Å². The molecule has 0 spiro atoms. The van der Waals surface area contributed by atoms with Crippen molar-refractivity contribution >= 4 is 17.9 Å². The highest BCUT2D eigenvalue weighted by molar-refractivity contribution is 5.98. The number of nitrogens with two attached hydrogens (primary N) is 1. The van der Waals surface area contributed by atoms with Crippen LogP contribution in [0.2, 0.25) is 0 Å². The van der Waals surface area contributed by atoms with Crippen LogP contribution in [0.4, 0.5) is 4.79 Å². The van der Waals surface area contributed by atoms with Crippen molar-refractivity contribution in [2.45, 2.75) is 32.9 Å². The normalized spacial score (nSPS) is 12.2. The average Bonchev–Trinajstić information content (AvgIpc) is 2.65. The summed E-state index contributed by atoms with van der Waals surface area (Å²) in [5.41, 5.74) is 5.89. The van der Waals surface area contributed by atoms with Crippen LogP contribution in [0.3, 0.4) is 0 Å². The SMILES string of the molecule is CC(C)C[C@H](NC(=O)OCc1ccccc1)C(=O)NC(=CNCCO)C(N)=O. The fourth-order valence-electron chi connectivity index (χ4n) is 2.24. The van der Waals surface area contributed by atoms with Crippen molar-refractivity contribution in [2.24, 2.45) is 11.7 Å². The number of nitrogens with one attached hydrogen (secondary N) is 3. The number of carbonyl (C=O) groups excluding carboxylic acids is 3. The number of primary amides is 1. The van der Waals surface area contributed by atoms with E-state index >= 15 is 0 Å². The van der Waals surface area contributed by atoms with Gasteiger partial charge < -0.3 is 31.5 Å². The fraction of sp³-hybridized carbons (Fsp3) is 0.421. The first kappa shape index (κ1) is 23.0. The lowest BCUT2D eigenvalue weighted by atomic mass is 10.0. The molecule has 0 heterocycles. The van der Waals surface area contributed by atoms with Gasteiger partial charge in [0.2, 0.25) is 5.91 Å². The summed E-state index contributed by atoms with van der Waals surface area (Å²) in [6.45, 7) is 3.89. The van der Waals surface area contributed by atoms with Crippen LogP contribution in [0.5, 0.6) is 0 Å². The predicted molar refractivity (Wildman–Crippen MR) is 104 cm³/mol. The van der Waals surface area contributed by atoms with Crippen molar-refractivity contribution in [1.82, 2.24) is 16.0 Å². The molecular formula is C19H28N4O5. The van der Waals surface area contributed by atoms with E-state index in [1.165, 1.54) is 6.20 Å². The van der Waals surface area contributed by atoms with Gasteiger partial charge in [0.15, 0.2) is 0 Å². The molecule has 9 heteroatoms. The Morgan fingerprint density at radius 3 is 2.46 bits per heavy atom. The van der Waals surface area contributed by atoms with Crippen molar-refractivity contribution in [1.29, 1.82) is 0 Å². The molecule has 1 aromatic rings. The molecule has 0 saturated heterocycles. The van der Waals surface area contributed by atoms with Gasteiger partial charge in [-0.3, -0.25) is 9.59 Å². The summed E-state index contributed by atoms with van der Waals surface area (Å²) in [5.74, 6) is -1.35. The van der Waals surface area contributed by atoms with Gasteiger partial charge in [-0.05, 0) is 17.9 Å². The van der Waals surface area contributed by atoms with Crippen molar-refractivity contribution in [3.63, 3.8) is 0 Å². The molecule has 1 rings (SSSR count).